The van der Waals surface area contributed by atoms with E-state index in [0.717, 1.165) is 0 Å². The molecule has 1 aliphatic rings. The van der Waals surface area contributed by atoms with Crippen molar-refractivity contribution in [3.05, 3.63) is 12.4 Å². The van der Waals surface area contributed by atoms with Crippen LogP contribution in [0.2, 0.25) is 0 Å². The van der Waals surface area contributed by atoms with E-state index in [9.17, 15) is 24.4 Å². The minimum atomic E-state index is -3.93. The number of halogens is 1. The highest BCUT2D eigenvalue weighted by atomic mass is 32.5. The zero-order chi connectivity index (χ0) is 16.9. The van der Waals surface area contributed by atoms with Gasteiger partial charge in [0, 0.05) is 0 Å². The van der Waals surface area contributed by atoms with Crippen LogP contribution in [0.15, 0.2) is 6.33 Å². The molecule has 6 N–H and O–H groups in total. The highest BCUT2D eigenvalue weighted by Gasteiger charge is 2.51. The van der Waals surface area contributed by atoms with Crippen molar-refractivity contribution in [3.63, 3.8) is 0 Å². The van der Waals surface area contributed by atoms with E-state index in [4.69, 9.17) is 10.5 Å². The van der Waals surface area contributed by atoms with Gasteiger partial charge in [-0.1, -0.05) is 0 Å². The lowest BCUT2D eigenvalue weighted by Crippen LogP contribution is -2.33. The van der Waals surface area contributed by atoms with Gasteiger partial charge in [-0.05, 0) is 11.8 Å². The predicted octanol–water partition coefficient (Wildman–Crippen LogP) is -1.54. The quantitative estimate of drug-likeness (QED) is 0.319. The molecule has 0 radical (unpaired) electrons. The molecule has 1 aliphatic heterocycles. The number of rotatable bonds is 3. The Balaban J connectivity index is 2.08. The Labute approximate surface area is 133 Å². The maximum Gasteiger partial charge on any atom is 0.312 e. The molecule has 2 aromatic heterocycles. The van der Waals surface area contributed by atoms with Crippen molar-refractivity contribution >= 4 is 35.3 Å². The fraction of sp³-hybridized carbons (Fsp3) is 0.500. The fourth-order valence-corrected chi connectivity index (χ4v) is 4.55. The second-order valence-electron chi connectivity index (χ2n) is 5.02. The summed E-state index contributed by atoms with van der Waals surface area (Å²) in [7, 11) is 0. The first-order valence-electron chi connectivity index (χ1n) is 6.39. The average molecular weight is 365 g/mol. The SMILES string of the molecule is Nc1nc(F)nc2c1ncn2[C@@H]1O[C@H](CO)[C@@H](P(O)(O)=S)[C@@H]1O. The first-order chi connectivity index (χ1) is 10.7. The van der Waals surface area contributed by atoms with E-state index in [1.807, 2.05) is 0 Å². The molecule has 0 spiro atoms. The highest BCUT2D eigenvalue weighted by molar-refractivity contribution is 8.09. The van der Waals surface area contributed by atoms with Crippen LogP contribution in [0.1, 0.15) is 6.23 Å². The summed E-state index contributed by atoms with van der Waals surface area (Å²) in [6, 6.07) is 0. The number of hydrogen-bond donors (Lipinski definition) is 5. The van der Waals surface area contributed by atoms with Crippen LogP contribution in [0.5, 0.6) is 0 Å². The van der Waals surface area contributed by atoms with Gasteiger partial charge in [-0.25, -0.2) is 4.98 Å². The Bertz CT molecular complexity index is 799. The summed E-state index contributed by atoms with van der Waals surface area (Å²) < 4.78 is 20.0. The summed E-state index contributed by atoms with van der Waals surface area (Å²) in [5.74, 6) is -0.191. The first kappa shape index (κ1) is 16.6. The van der Waals surface area contributed by atoms with E-state index >= 15 is 0 Å². The van der Waals surface area contributed by atoms with E-state index in [2.05, 4.69) is 26.8 Å². The van der Waals surface area contributed by atoms with E-state index < -0.39 is 43.3 Å². The Morgan fingerprint density at radius 3 is 2.70 bits per heavy atom. The molecule has 13 heteroatoms. The van der Waals surface area contributed by atoms with E-state index in [-0.39, 0.29) is 17.0 Å². The van der Waals surface area contributed by atoms with Gasteiger partial charge in [-0.15, -0.1) is 0 Å². The van der Waals surface area contributed by atoms with Gasteiger partial charge in [0.05, 0.1) is 24.7 Å². The van der Waals surface area contributed by atoms with Crippen LogP contribution in [-0.2, 0) is 16.5 Å². The molecule has 1 fully saturated rings. The number of aliphatic hydroxyl groups excluding tert-OH is 2. The van der Waals surface area contributed by atoms with Crippen LogP contribution in [0, 0.1) is 6.08 Å². The van der Waals surface area contributed by atoms with E-state index in [1.165, 1.54) is 10.9 Å². The average Bonchev–Trinajstić information content (AvgIpc) is 2.98. The van der Waals surface area contributed by atoms with Crippen molar-refractivity contribution in [2.24, 2.45) is 0 Å². The normalized spacial score (nSPS) is 28.6. The molecule has 1 saturated heterocycles. The van der Waals surface area contributed by atoms with Gasteiger partial charge < -0.3 is 30.5 Å². The van der Waals surface area contributed by atoms with Crippen molar-refractivity contribution in [1.82, 2.24) is 19.5 Å². The van der Waals surface area contributed by atoms with Gasteiger partial charge in [0.2, 0.25) is 0 Å². The molecular formula is C10H13FN5O5PS. The van der Waals surface area contributed by atoms with Gasteiger partial charge >= 0.3 is 6.08 Å². The molecule has 2 aromatic rings. The van der Waals surface area contributed by atoms with Crippen LogP contribution in [-0.4, -0.2) is 64.0 Å². The van der Waals surface area contributed by atoms with Gasteiger partial charge in [-0.3, -0.25) is 4.57 Å². The van der Waals surface area contributed by atoms with Gasteiger partial charge in [0.25, 0.3) is 0 Å². The molecular weight excluding hydrogens is 352 g/mol. The van der Waals surface area contributed by atoms with Crippen LogP contribution in [0.25, 0.3) is 11.2 Å². The third kappa shape index (κ3) is 2.72. The Kier molecular flexibility index (Phi) is 4.09. The highest BCUT2D eigenvalue weighted by Crippen LogP contribution is 2.52. The molecule has 0 aliphatic carbocycles. The number of ether oxygens (including phenoxy) is 1. The van der Waals surface area contributed by atoms with E-state index in [0.29, 0.717) is 0 Å². The molecule has 3 heterocycles. The Morgan fingerprint density at radius 1 is 1.43 bits per heavy atom. The third-order valence-corrected chi connectivity index (χ3v) is 5.75. The standard InChI is InChI=1S/C10H13FN5O5PS/c11-10-14-7(12)4-8(15-10)16(2-13-4)9-5(18)6(22(19,20)23)3(1-17)21-9/h2-3,5-6,9,17-18H,1H2,(H2,12,14,15)(H2,19,20,23)/t3-,5+,6-,9-/m1/s1. The number of fused-ring (bicyclic) bond motifs is 1. The molecule has 3 rings (SSSR count). The summed E-state index contributed by atoms with van der Waals surface area (Å²) in [4.78, 5) is 30.2. The van der Waals surface area contributed by atoms with Crippen molar-refractivity contribution < 1.29 is 29.1 Å². The number of nitrogens with two attached hydrogens (primary N) is 1. The van der Waals surface area contributed by atoms with Crippen LogP contribution in [0.3, 0.4) is 0 Å². The summed E-state index contributed by atoms with van der Waals surface area (Å²) in [5.41, 5.74) is 4.34. The maximum atomic E-state index is 13.4. The smallest absolute Gasteiger partial charge is 0.312 e. The van der Waals surface area contributed by atoms with Crippen LogP contribution >= 0.6 is 6.49 Å². The summed E-state index contributed by atoms with van der Waals surface area (Å²) in [6.07, 6.45) is -3.66. The molecule has 10 nitrogen and oxygen atoms in total. The van der Waals surface area contributed by atoms with Gasteiger partial charge in [0.1, 0.15) is 6.10 Å². The Hall–Kier alpha value is -1.27. The molecule has 0 aromatic carbocycles. The molecule has 4 atom stereocenters. The molecule has 0 saturated carbocycles. The zero-order valence-corrected chi connectivity index (χ0v) is 13.1. The number of imidazole rings is 1. The molecule has 0 unspecified atom stereocenters. The molecule has 126 valence electrons. The van der Waals surface area contributed by atoms with Crippen LogP contribution in [0.4, 0.5) is 10.2 Å². The second kappa shape index (κ2) is 5.67. The van der Waals surface area contributed by atoms with Gasteiger partial charge in [0.15, 0.2) is 29.7 Å². The maximum absolute atomic E-state index is 13.4. The van der Waals surface area contributed by atoms with Gasteiger partial charge in [-0.2, -0.15) is 14.4 Å². The first-order valence-corrected chi connectivity index (χ1v) is 9.17. The van der Waals surface area contributed by atoms with Crippen molar-refractivity contribution in [2.45, 2.75) is 24.1 Å². The van der Waals surface area contributed by atoms with E-state index in [1.54, 1.807) is 0 Å². The predicted molar refractivity (Wildman–Crippen MR) is 79.2 cm³/mol. The number of aliphatic hydroxyl groups is 2. The lowest BCUT2D eigenvalue weighted by atomic mass is 10.2. The summed E-state index contributed by atoms with van der Waals surface area (Å²) >= 11 is 4.63. The van der Waals surface area contributed by atoms with Crippen LogP contribution < -0.4 is 5.73 Å². The largest absolute Gasteiger partial charge is 0.394 e. The Morgan fingerprint density at radius 2 is 2.13 bits per heavy atom. The topological polar surface area (TPSA) is 160 Å². The fourth-order valence-electron chi connectivity index (χ4n) is 2.62. The molecule has 0 bridgehead atoms. The van der Waals surface area contributed by atoms with Crippen molar-refractivity contribution in [3.8, 4) is 0 Å². The monoisotopic (exact) mass is 365 g/mol. The summed E-state index contributed by atoms with van der Waals surface area (Å²) in [6.45, 7) is -4.52. The number of anilines is 1. The minimum absolute atomic E-state index is 0.0411. The molecule has 0 amide bonds. The number of hydrogen-bond acceptors (Lipinski definition) is 8. The minimum Gasteiger partial charge on any atom is -0.394 e. The number of nitrogens with zero attached hydrogens (tertiary/aromatic N) is 4. The molecule has 23 heavy (non-hydrogen) atoms. The third-order valence-electron chi connectivity index (χ3n) is 3.60. The van der Waals surface area contributed by atoms with Crippen molar-refractivity contribution in [2.75, 3.05) is 12.3 Å². The second-order valence-corrected chi connectivity index (χ2v) is 8.41. The number of aromatic nitrogens is 4. The number of nitrogen functional groups attached to an aromatic ring is 1. The zero-order valence-electron chi connectivity index (χ0n) is 11.4. The summed E-state index contributed by atoms with van der Waals surface area (Å²) in [5, 5.41) is 19.7. The lowest BCUT2D eigenvalue weighted by Gasteiger charge is -2.23. The lowest BCUT2D eigenvalue weighted by molar-refractivity contribution is -0.0487. The van der Waals surface area contributed by atoms with Crippen molar-refractivity contribution in [1.29, 1.82) is 0 Å².